The fourth-order valence-corrected chi connectivity index (χ4v) is 3.36. The number of alkyl halides is 1. The molecule has 0 amide bonds. The number of benzene rings is 2. The van der Waals surface area contributed by atoms with Crippen molar-refractivity contribution in [2.24, 2.45) is 0 Å². The van der Waals surface area contributed by atoms with Gasteiger partial charge in [0, 0.05) is 10.6 Å². The molecule has 1 atom stereocenters. The Balaban J connectivity index is 2.36. The standard InChI is InChI=1S/C16H15Br2ClO2/c1-3-21-14-7-4-10(8-13(14)17)16(18)12-6-5-11(19)9-15(12)20-2/h4-9,16H,3H2,1-2H3. The Bertz CT molecular complexity index is 632. The molecule has 5 heteroatoms. The van der Waals surface area contributed by atoms with E-state index in [0.717, 1.165) is 27.1 Å². The molecule has 0 saturated heterocycles. The monoisotopic (exact) mass is 432 g/mol. The third-order valence-corrected chi connectivity index (χ3v) is 4.89. The molecule has 0 aromatic heterocycles. The zero-order valence-electron chi connectivity index (χ0n) is 11.7. The van der Waals surface area contributed by atoms with Crippen LogP contribution in [0.2, 0.25) is 5.02 Å². The van der Waals surface area contributed by atoms with Crippen molar-refractivity contribution in [3.8, 4) is 11.5 Å². The molecule has 0 N–H and O–H groups in total. The predicted molar refractivity (Wildman–Crippen MR) is 94.1 cm³/mol. The van der Waals surface area contributed by atoms with Crippen molar-refractivity contribution in [3.05, 3.63) is 57.0 Å². The summed E-state index contributed by atoms with van der Waals surface area (Å²) in [7, 11) is 1.64. The van der Waals surface area contributed by atoms with Crippen molar-refractivity contribution in [2.75, 3.05) is 13.7 Å². The molecule has 0 bridgehead atoms. The highest BCUT2D eigenvalue weighted by atomic mass is 79.9. The summed E-state index contributed by atoms with van der Waals surface area (Å²) in [6.07, 6.45) is 0. The van der Waals surface area contributed by atoms with E-state index in [2.05, 4.69) is 31.9 Å². The van der Waals surface area contributed by atoms with Gasteiger partial charge in [-0.2, -0.15) is 0 Å². The number of hydrogen-bond acceptors (Lipinski definition) is 2. The molecule has 112 valence electrons. The van der Waals surface area contributed by atoms with Crippen LogP contribution in [-0.2, 0) is 0 Å². The summed E-state index contributed by atoms with van der Waals surface area (Å²) in [6.45, 7) is 2.60. The second-order valence-electron chi connectivity index (χ2n) is 4.37. The van der Waals surface area contributed by atoms with Gasteiger partial charge in [0.15, 0.2) is 0 Å². The first-order chi connectivity index (χ1) is 10.1. The van der Waals surface area contributed by atoms with Gasteiger partial charge in [-0.15, -0.1) is 0 Å². The summed E-state index contributed by atoms with van der Waals surface area (Å²) in [6, 6.07) is 11.7. The fourth-order valence-electron chi connectivity index (χ4n) is 2.02. The largest absolute Gasteiger partial charge is 0.496 e. The predicted octanol–water partition coefficient (Wildman–Crippen LogP) is 5.99. The summed E-state index contributed by atoms with van der Waals surface area (Å²) < 4.78 is 11.9. The van der Waals surface area contributed by atoms with Crippen LogP contribution in [0.25, 0.3) is 0 Å². The van der Waals surface area contributed by atoms with Crippen LogP contribution in [-0.4, -0.2) is 13.7 Å². The van der Waals surface area contributed by atoms with Crippen molar-refractivity contribution in [2.45, 2.75) is 11.8 Å². The number of rotatable bonds is 5. The molecule has 2 aromatic rings. The van der Waals surface area contributed by atoms with Crippen molar-refractivity contribution in [1.82, 2.24) is 0 Å². The van der Waals surface area contributed by atoms with Crippen LogP contribution < -0.4 is 9.47 Å². The van der Waals surface area contributed by atoms with Crippen LogP contribution in [0.3, 0.4) is 0 Å². The van der Waals surface area contributed by atoms with Gasteiger partial charge in [0.05, 0.1) is 23.0 Å². The Morgan fingerprint density at radius 1 is 1.14 bits per heavy atom. The highest BCUT2D eigenvalue weighted by Crippen LogP contribution is 2.40. The number of methoxy groups -OCH3 is 1. The Labute approximate surface area is 146 Å². The first kappa shape index (κ1) is 16.7. The summed E-state index contributed by atoms with van der Waals surface area (Å²) in [4.78, 5) is 0.0108. The Kier molecular flexibility index (Phi) is 5.97. The van der Waals surface area contributed by atoms with Crippen molar-refractivity contribution in [3.63, 3.8) is 0 Å². The molecule has 0 spiro atoms. The van der Waals surface area contributed by atoms with Gasteiger partial charge in [-0.3, -0.25) is 0 Å². The first-order valence-corrected chi connectivity index (χ1v) is 8.55. The maximum atomic E-state index is 6.01. The van der Waals surface area contributed by atoms with Gasteiger partial charge in [0.2, 0.25) is 0 Å². The van der Waals surface area contributed by atoms with Crippen LogP contribution in [0.5, 0.6) is 11.5 Å². The number of ether oxygens (including phenoxy) is 2. The first-order valence-electron chi connectivity index (χ1n) is 6.46. The lowest BCUT2D eigenvalue weighted by molar-refractivity contribution is 0.338. The van der Waals surface area contributed by atoms with E-state index in [1.54, 1.807) is 7.11 Å². The van der Waals surface area contributed by atoms with Gasteiger partial charge >= 0.3 is 0 Å². The Morgan fingerprint density at radius 2 is 1.90 bits per heavy atom. The van der Waals surface area contributed by atoms with Gasteiger partial charge in [-0.05, 0) is 52.7 Å². The molecular formula is C16H15Br2ClO2. The minimum absolute atomic E-state index is 0.0108. The van der Waals surface area contributed by atoms with Gasteiger partial charge in [0.1, 0.15) is 11.5 Å². The normalized spacial score (nSPS) is 12.0. The van der Waals surface area contributed by atoms with E-state index in [4.69, 9.17) is 21.1 Å². The van der Waals surface area contributed by atoms with E-state index in [-0.39, 0.29) is 4.83 Å². The van der Waals surface area contributed by atoms with Gasteiger partial charge in [0.25, 0.3) is 0 Å². The van der Waals surface area contributed by atoms with Crippen LogP contribution in [0.15, 0.2) is 40.9 Å². The molecule has 21 heavy (non-hydrogen) atoms. The average Bonchev–Trinajstić information content (AvgIpc) is 2.48. The SMILES string of the molecule is CCOc1ccc(C(Br)c2ccc(Cl)cc2OC)cc1Br. The molecule has 0 heterocycles. The second-order valence-corrected chi connectivity index (χ2v) is 6.58. The van der Waals surface area contributed by atoms with Gasteiger partial charge in [-0.1, -0.05) is 39.7 Å². The van der Waals surface area contributed by atoms with Gasteiger partial charge in [-0.25, -0.2) is 0 Å². The van der Waals surface area contributed by atoms with E-state index in [9.17, 15) is 0 Å². The average molecular weight is 435 g/mol. The zero-order valence-corrected chi connectivity index (χ0v) is 15.6. The zero-order chi connectivity index (χ0) is 15.4. The maximum Gasteiger partial charge on any atom is 0.133 e. The van der Waals surface area contributed by atoms with E-state index < -0.39 is 0 Å². The lowest BCUT2D eigenvalue weighted by atomic mass is 10.0. The highest BCUT2D eigenvalue weighted by molar-refractivity contribution is 9.10. The van der Waals surface area contributed by atoms with Crippen molar-refractivity contribution < 1.29 is 9.47 Å². The third-order valence-electron chi connectivity index (χ3n) is 3.02. The molecule has 0 aliphatic heterocycles. The minimum atomic E-state index is 0.0108. The summed E-state index contributed by atoms with van der Waals surface area (Å²) in [5.41, 5.74) is 2.13. The Morgan fingerprint density at radius 3 is 2.52 bits per heavy atom. The Hall–Kier alpha value is -0.710. The highest BCUT2D eigenvalue weighted by Gasteiger charge is 2.17. The molecule has 0 aliphatic rings. The smallest absolute Gasteiger partial charge is 0.133 e. The lowest BCUT2D eigenvalue weighted by Crippen LogP contribution is -1.98. The second kappa shape index (κ2) is 7.52. The number of halogens is 3. The molecule has 0 saturated carbocycles. The van der Waals surface area contributed by atoms with Crippen LogP contribution in [0, 0.1) is 0 Å². The molecular weight excluding hydrogens is 419 g/mol. The molecule has 2 aromatic carbocycles. The van der Waals surface area contributed by atoms with Crippen molar-refractivity contribution >= 4 is 43.5 Å². The minimum Gasteiger partial charge on any atom is -0.496 e. The summed E-state index contributed by atoms with van der Waals surface area (Å²) in [5, 5.41) is 0.656. The van der Waals surface area contributed by atoms with Crippen LogP contribution >= 0.6 is 43.5 Å². The van der Waals surface area contributed by atoms with Gasteiger partial charge < -0.3 is 9.47 Å². The van der Waals surface area contributed by atoms with Crippen LogP contribution in [0.4, 0.5) is 0 Å². The van der Waals surface area contributed by atoms with E-state index >= 15 is 0 Å². The van der Waals surface area contributed by atoms with E-state index in [1.165, 1.54) is 0 Å². The molecule has 0 aliphatic carbocycles. The summed E-state index contributed by atoms with van der Waals surface area (Å²) >= 11 is 13.3. The topological polar surface area (TPSA) is 18.5 Å². The molecule has 0 fully saturated rings. The maximum absolute atomic E-state index is 6.01. The third kappa shape index (κ3) is 3.93. The molecule has 2 nitrogen and oxygen atoms in total. The van der Waals surface area contributed by atoms with Crippen molar-refractivity contribution in [1.29, 1.82) is 0 Å². The van der Waals surface area contributed by atoms with Crippen LogP contribution in [0.1, 0.15) is 22.9 Å². The van der Waals surface area contributed by atoms with E-state index in [0.29, 0.717) is 11.6 Å². The summed E-state index contributed by atoms with van der Waals surface area (Å²) in [5.74, 6) is 1.60. The molecule has 0 radical (unpaired) electrons. The van der Waals surface area contributed by atoms with E-state index in [1.807, 2.05) is 43.3 Å². The lowest BCUT2D eigenvalue weighted by Gasteiger charge is -2.16. The number of hydrogen-bond donors (Lipinski definition) is 0. The molecule has 1 unspecified atom stereocenters. The molecule has 2 rings (SSSR count). The fraction of sp³-hybridized carbons (Fsp3) is 0.250. The quantitative estimate of drug-likeness (QED) is 0.538.